The molecule has 0 aromatic heterocycles. The molecular formula is C10H15N3O2. The van der Waals surface area contributed by atoms with Gasteiger partial charge in [-0.1, -0.05) is 18.0 Å². The molecule has 5 heteroatoms. The SMILES string of the molecule is [N-]=[N+]=NCCC1CC2(CCCC2)C(=O)O1. The summed E-state index contributed by atoms with van der Waals surface area (Å²) < 4.78 is 5.32. The van der Waals surface area contributed by atoms with Crippen LogP contribution in [-0.4, -0.2) is 18.6 Å². The molecular weight excluding hydrogens is 194 g/mol. The van der Waals surface area contributed by atoms with Crippen LogP contribution >= 0.6 is 0 Å². The average Bonchev–Trinajstić information content (AvgIpc) is 2.78. The number of rotatable bonds is 3. The minimum atomic E-state index is -0.180. The lowest BCUT2D eigenvalue weighted by Gasteiger charge is -2.15. The van der Waals surface area contributed by atoms with Crippen molar-refractivity contribution in [2.24, 2.45) is 10.5 Å². The van der Waals surface area contributed by atoms with Crippen LogP contribution in [0.15, 0.2) is 5.11 Å². The highest BCUT2D eigenvalue weighted by atomic mass is 16.6. The Kier molecular flexibility index (Phi) is 2.82. The minimum Gasteiger partial charge on any atom is -0.462 e. The number of ether oxygens (including phenoxy) is 1. The highest BCUT2D eigenvalue weighted by molar-refractivity contribution is 5.79. The average molecular weight is 209 g/mol. The van der Waals surface area contributed by atoms with Crippen LogP contribution in [0.5, 0.6) is 0 Å². The fraction of sp³-hybridized carbons (Fsp3) is 0.900. The fourth-order valence-corrected chi connectivity index (χ4v) is 2.70. The summed E-state index contributed by atoms with van der Waals surface area (Å²) in [5, 5.41) is 3.46. The summed E-state index contributed by atoms with van der Waals surface area (Å²) in [4.78, 5) is 14.4. The van der Waals surface area contributed by atoms with Gasteiger partial charge in [-0.15, -0.1) is 0 Å². The van der Waals surface area contributed by atoms with Crippen molar-refractivity contribution >= 4 is 5.97 Å². The zero-order valence-corrected chi connectivity index (χ0v) is 8.69. The van der Waals surface area contributed by atoms with Gasteiger partial charge >= 0.3 is 5.97 Å². The molecule has 1 saturated heterocycles. The van der Waals surface area contributed by atoms with Gasteiger partial charge in [0.1, 0.15) is 6.10 Å². The first-order chi connectivity index (χ1) is 7.27. The Morgan fingerprint density at radius 3 is 2.93 bits per heavy atom. The fourth-order valence-electron chi connectivity index (χ4n) is 2.70. The molecule has 1 unspecified atom stereocenters. The minimum absolute atomic E-state index is 0.0223. The van der Waals surface area contributed by atoms with Crippen LogP contribution in [0, 0.1) is 5.41 Å². The second kappa shape index (κ2) is 4.11. The molecule has 1 aliphatic heterocycles. The third kappa shape index (κ3) is 1.92. The Bertz CT molecular complexity index is 304. The third-order valence-corrected chi connectivity index (χ3v) is 3.50. The lowest BCUT2D eigenvalue weighted by molar-refractivity contribution is -0.148. The molecule has 1 aliphatic carbocycles. The molecule has 2 aliphatic rings. The number of azide groups is 1. The largest absolute Gasteiger partial charge is 0.462 e. The highest BCUT2D eigenvalue weighted by Gasteiger charge is 2.49. The van der Waals surface area contributed by atoms with Crippen LogP contribution in [0.4, 0.5) is 0 Å². The number of carbonyl (C=O) groups is 1. The van der Waals surface area contributed by atoms with Gasteiger partial charge in [0.25, 0.3) is 0 Å². The summed E-state index contributed by atoms with van der Waals surface area (Å²) in [5.74, 6) is -0.0223. The Hall–Kier alpha value is -1.22. The molecule has 0 amide bonds. The maximum atomic E-state index is 11.7. The standard InChI is InChI=1S/C10H15N3O2/c11-13-12-6-3-8-7-10(9(14)15-8)4-1-2-5-10/h8H,1-7H2. The maximum Gasteiger partial charge on any atom is 0.312 e. The van der Waals surface area contributed by atoms with Gasteiger partial charge in [-0.05, 0) is 24.8 Å². The number of hydrogen-bond donors (Lipinski definition) is 0. The van der Waals surface area contributed by atoms with Gasteiger partial charge in [0, 0.05) is 17.9 Å². The summed E-state index contributed by atoms with van der Waals surface area (Å²) in [7, 11) is 0. The molecule has 1 spiro atoms. The quantitative estimate of drug-likeness (QED) is 0.310. The Balaban J connectivity index is 1.91. The van der Waals surface area contributed by atoms with Gasteiger partial charge in [-0.3, -0.25) is 4.79 Å². The van der Waals surface area contributed by atoms with Gasteiger partial charge in [0.2, 0.25) is 0 Å². The summed E-state index contributed by atoms with van der Waals surface area (Å²) in [5.41, 5.74) is 7.97. The number of cyclic esters (lactones) is 1. The molecule has 82 valence electrons. The molecule has 0 aromatic rings. The van der Waals surface area contributed by atoms with Gasteiger partial charge in [-0.25, -0.2) is 0 Å². The van der Waals surface area contributed by atoms with E-state index in [-0.39, 0.29) is 17.5 Å². The second-order valence-electron chi connectivity index (χ2n) is 4.46. The van der Waals surface area contributed by atoms with E-state index in [1.165, 1.54) is 0 Å². The van der Waals surface area contributed by atoms with Crippen molar-refractivity contribution in [2.75, 3.05) is 6.54 Å². The highest BCUT2D eigenvalue weighted by Crippen LogP contribution is 2.48. The summed E-state index contributed by atoms with van der Waals surface area (Å²) >= 11 is 0. The lowest BCUT2D eigenvalue weighted by atomic mass is 9.83. The van der Waals surface area contributed by atoms with Gasteiger partial charge in [0.15, 0.2) is 0 Å². The lowest BCUT2D eigenvalue weighted by Crippen LogP contribution is -2.21. The first kappa shape index (κ1) is 10.3. The van der Waals surface area contributed by atoms with Crippen LogP contribution in [0.25, 0.3) is 10.4 Å². The molecule has 0 N–H and O–H groups in total. The molecule has 1 saturated carbocycles. The number of hydrogen-bond acceptors (Lipinski definition) is 3. The van der Waals surface area contributed by atoms with Crippen LogP contribution in [0.1, 0.15) is 38.5 Å². The molecule has 5 nitrogen and oxygen atoms in total. The molecule has 2 fully saturated rings. The number of nitrogens with zero attached hydrogens (tertiary/aromatic N) is 3. The van der Waals surface area contributed by atoms with Crippen molar-refractivity contribution in [3.05, 3.63) is 10.4 Å². The summed E-state index contributed by atoms with van der Waals surface area (Å²) in [6.07, 6.45) is 5.69. The zero-order chi connectivity index (χ0) is 10.7. The van der Waals surface area contributed by atoms with Crippen molar-refractivity contribution in [2.45, 2.75) is 44.6 Å². The monoisotopic (exact) mass is 209 g/mol. The first-order valence-electron chi connectivity index (χ1n) is 5.49. The van der Waals surface area contributed by atoms with Gasteiger partial charge in [0.05, 0.1) is 5.41 Å². The van der Waals surface area contributed by atoms with E-state index in [2.05, 4.69) is 10.0 Å². The Morgan fingerprint density at radius 1 is 1.53 bits per heavy atom. The molecule has 15 heavy (non-hydrogen) atoms. The van der Waals surface area contributed by atoms with E-state index in [4.69, 9.17) is 10.3 Å². The van der Waals surface area contributed by atoms with Gasteiger partial charge in [-0.2, -0.15) is 0 Å². The van der Waals surface area contributed by atoms with E-state index in [1.54, 1.807) is 0 Å². The van der Waals surface area contributed by atoms with E-state index in [9.17, 15) is 4.79 Å². The van der Waals surface area contributed by atoms with Crippen molar-refractivity contribution < 1.29 is 9.53 Å². The van der Waals surface area contributed by atoms with E-state index in [0.717, 1.165) is 32.1 Å². The first-order valence-corrected chi connectivity index (χ1v) is 5.49. The van der Waals surface area contributed by atoms with Crippen molar-refractivity contribution in [1.29, 1.82) is 0 Å². The smallest absolute Gasteiger partial charge is 0.312 e. The molecule has 0 radical (unpaired) electrons. The van der Waals surface area contributed by atoms with E-state index in [0.29, 0.717) is 13.0 Å². The van der Waals surface area contributed by atoms with Crippen LogP contribution in [-0.2, 0) is 9.53 Å². The summed E-state index contributed by atoms with van der Waals surface area (Å²) in [6, 6.07) is 0. The maximum absolute atomic E-state index is 11.7. The Labute approximate surface area is 88.4 Å². The Morgan fingerprint density at radius 2 is 2.27 bits per heavy atom. The van der Waals surface area contributed by atoms with Crippen molar-refractivity contribution in [1.82, 2.24) is 0 Å². The van der Waals surface area contributed by atoms with Crippen LogP contribution < -0.4 is 0 Å². The summed E-state index contributed by atoms with van der Waals surface area (Å²) in [6.45, 7) is 0.421. The molecule has 0 aromatic carbocycles. The van der Waals surface area contributed by atoms with E-state index in [1.807, 2.05) is 0 Å². The molecule has 1 heterocycles. The third-order valence-electron chi connectivity index (χ3n) is 3.50. The molecule has 2 rings (SSSR count). The number of carbonyl (C=O) groups excluding carboxylic acids is 1. The van der Waals surface area contributed by atoms with Crippen LogP contribution in [0.3, 0.4) is 0 Å². The number of esters is 1. The predicted octanol–water partition coefficient (Wildman–Crippen LogP) is 2.56. The normalized spacial score (nSPS) is 27.7. The predicted molar refractivity (Wildman–Crippen MR) is 54.0 cm³/mol. The zero-order valence-electron chi connectivity index (χ0n) is 8.69. The van der Waals surface area contributed by atoms with E-state index >= 15 is 0 Å². The molecule has 1 atom stereocenters. The topological polar surface area (TPSA) is 75.1 Å². The van der Waals surface area contributed by atoms with Crippen molar-refractivity contribution in [3.8, 4) is 0 Å². The van der Waals surface area contributed by atoms with E-state index < -0.39 is 0 Å². The van der Waals surface area contributed by atoms with Crippen LogP contribution in [0.2, 0.25) is 0 Å². The van der Waals surface area contributed by atoms with Gasteiger partial charge < -0.3 is 4.74 Å². The van der Waals surface area contributed by atoms with Crippen molar-refractivity contribution in [3.63, 3.8) is 0 Å². The second-order valence-corrected chi connectivity index (χ2v) is 4.46. The molecule has 0 bridgehead atoms.